The molecule has 4 rings (SSSR count). The fourth-order valence-corrected chi connectivity index (χ4v) is 3.71. The lowest BCUT2D eigenvalue weighted by Gasteiger charge is -2.39. The highest BCUT2D eigenvalue weighted by Gasteiger charge is 2.33. The molecule has 0 N–H and O–H groups in total. The van der Waals surface area contributed by atoms with Crippen LogP contribution in [0.4, 0.5) is 4.79 Å². The van der Waals surface area contributed by atoms with Crippen LogP contribution in [0.1, 0.15) is 49.5 Å². The van der Waals surface area contributed by atoms with Crippen molar-refractivity contribution in [2.24, 2.45) is 5.92 Å². The van der Waals surface area contributed by atoms with Crippen LogP contribution in [0.2, 0.25) is 0 Å². The number of likely N-dealkylation sites (tertiary alicyclic amines) is 1. The molecule has 3 heterocycles. The Balaban J connectivity index is 1.42. The van der Waals surface area contributed by atoms with E-state index in [-0.39, 0.29) is 11.9 Å². The summed E-state index contributed by atoms with van der Waals surface area (Å²) in [5.74, 6) is 0.322. The highest BCUT2D eigenvalue weighted by Crippen LogP contribution is 2.26. The zero-order chi connectivity index (χ0) is 22.9. The standard InChI is InChI=1S/C24H25N5O3/c1-24(2,3)32-23(31)28-13-17(14-28)6-9-21(30)19-10-20(29-22(11-19)26-15-27-29)18-7-4-16(12-25)5-8-18/h4-5,7-8,10-11,15,17H,6,9,13-14H2,1-3H3. The predicted octanol–water partition coefficient (Wildman–Crippen LogP) is 4.10. The molecule has 1 amide bonds. The number of ketones is 1. The number of fused-ring (bicyclic) bond motifs is 1. The molecule has 0 radical (unpaired) electrons. The second kappa shape index (κ2) is 8.42. The third kappa shape index (κ3) is 4.62. The van der Waals surface area contributed by atoms with Gasteiger partial charge < -0.3 is 9.64 Å². The number of Topliss-reactive ketones (excluding diaryl/α,β-unsaturated/α-hetero) is 1. The van der Waals surface area contributed by atoms with Crippen molar-refractivity contribution in [1.82, 2.24) is 19.5 Å². The zero-order valence-electron chi connectivity index (χ0n) is 18.4. The van der Waals surface area contributed by atoms with E-state index in [1.165, 1.54) is 6.33 Å². The first-order valence-electron chi connectivity index (χ1n) is 10.6. The molecule has 3 aromatic rings. The molecule has 0 atom stereocenters. The Bertz CT molecular complexity index is 1200. The van der Waals surface area contributed by atoms with E-state index in [0.717, 1.165) is 11.3 Å². The van der Waals surface area contributed by atoms with E-state index in [4.69, 9.17) is 10.00 Å². The topological polar surface area (TPSA) is 101 Å². The number of carbonyl (C=O) groups excluding carboxylic acids is 2. The van der Waals surface area contributed by atoms with E-state index in [0.29, 0.717) is 48.6 Å². The van der Waals surface area contributed by atoms with Gasteiger partial charge in [-0.2, -0.15) is 10.4 Å². The van der Waals surface area contributed by atoms with Gasteiger partial charge in [-0.3, -0.25) is 4.79 Å². The number of ether oxygens (including phenoxy) is 1. The van der Waals surface area contributed by atoms with Crippen LogP contribution in [0.3, 0.4) is 0 Å². The van der Waals surface area contributed by atoms with Gasteiger partial charge >= 0.3 is 6.09 Å². The molecule has 0 aliphatic carbocycles. The van der Waals surface area contributed by atoms with Crippen molar-refractivity contribution in [3.8, 4) is 17.3 Å². The van der Waals surface area contributed by atoms with Gasteiger partial charge in [-0.15, -0.1) is 0 Å². The second-order valence-electron chi connectivity index (χ2n) is 9.06. The third-order valence-corrected chi connectivity index (χ3v) is 5.40. The van der Waals surface area contributed by atoms with E-state index < -0.39 is 5.60 Å². The number of benzene rings is 1. The Morgan fingerprint density at radius 1 is 1.19 bits per heavy atom. The first kappa shape index (κ1) is 21.5. The average Bonchev–Trinajstić information content (AvgIpc) is 3.19. The highest BCUT2D eigenvalue weighted by atomic mass is 16.6. The zero-order valence-corrected chi connectivity index (χ0v) is 18.4. The maximum Gasteiger partial charge on any atom is 0.410 e. The van der Waals surface area contributed by atoms with Crippen molar-refractivity contribution < 1.29 is 14.3 Å². The van der Waals surface area contributed by atoms with E-state index in [2.05, 4.69) is 16.2 Å². The second-order valence-corrected chi connectivity index (χ2v) is 9.06. The maximum atomic E-state index is 12.9. The molecule has 2 aromatic heterocycles. The minimum absolute atomic E-state index is 0.0288. The van der Waals surface area contributed by atoms with E-state index in [1.807, 2.05) is 39.0 Å². The van der Waals surface area contributed by atoms with E-state index >= 15 is 0 Å². The van der Waals surface area contributed by atoms with Crippen LogP contribution in [-0.4, -0.2) is 50.1 Å². The molecule has 1 aromatic carbocycles. The lowest BCUT2D eigenvalue weighted by molar-refractivity contribution is -0.00209. The first-order valence-corrected chi connectivity index (χ1v) is 10.6. The van der Waals surface area contributed by atoms with Gasteiger partial charge in [0.05, 0.1) is 17.3 Å². The number of hydrogen-bond acceptors (Lipinski definition) is 6. The minimum Gasteiger partial charge on any atom is -0.444 e. The molecule has 1 aliphatic heterocycles. The molecule has 1 aliphatic rings. The number of aromatic nitrogens is 3. The fraction of sp³-hybridized carbons (Fsp3) is 0.375. The van der Waals surface area contributed by atoms with Crippen LogP contribution < -0.4 is 0 Å². The quantitative estimate of drug-likeness (QED) is 0.564. The fourth-order valence-electron chi connectivity index (χ4n) is 3.71. The molecule has 164 valence electrons. The Kier molecular flexibility index (Phi) is 5.66. The van der Waals surface area contributed by atoms with Crippen LogP contribution >= 0.6 is 0 Å². The van der Waals surface area contributed by atoms with Crippen LogP contribution in [0.25, 0.3) is 16.9 Å². The molecule has 1 saturated heterocycles. The number of nitrogens with zero attached hydrogens (tertiary/aromatic N) is 5. The molecule has 32 heavy (non-hydrogen) atoms. The van der Waals surface area contributed by atoms with E-state index in [9.17, 15) is 9.59 Å². The molecule has 0 saturated carbocycles. The number of carbonyl (C=O) groups is 2. The van der Waals surface area contributed by atoms with Gasteiger partial charge in [0.15, 0.2) is 11.4 Å². The van der Waals surface area contributed by atoms with E-state index in [1.54, 1.807) is 27.6 Å². The average molecular weight is 431 g/mol. The monoisotopic (exact) mass is 431 g/mol. The molecule has 0 bridgehead atoms. The van der Waals surface area contributed by atoms with Crippen molar-refractivity contribution in [2.75, 3.05) is 13.1 Å². The van der Waals surface area contributed by atoms with Crippen molar-refractivity contribution in [3.63, 3.8) is 0 Å². The van der Waals surface area contributed by atoms with Crippen LogP contribution in [-0.2, 0) is 4.74 Å². The Labute approximate surface area is 186 Å². The molecule has 8 nitrogen and oxygen atoms in total. The smallest absolute Gasteiger partial charge is 0.410 e. The van der Waals surface area contributed by atoms with Crippen LogP contribution in [0, 0.1) is 17.2 Å². The van der Waals surface area contributed by atoms with Crippen molar-refractivity contribution in [2.45, 2.75) is 39.2 Å². The number of hydrogen-bond donors (Lipinski definition) is 0. The van der Waals surface area contributed by atoms with Gasteiger partial charge in [0, 0.05) is 30.6 Å². The number of amides is 1. The third-order valence-electron chi connectivity index (χ3n) is 5.40. The molecule has 1 fully saturated rings. The SMILES string of the molecule is CC(C)(C)OC(=O)N1CC(CCC(=O)c2cc(-c3ccc(C#N)cc3)n3ncnc3c2)C1. The van der Waals surface area contributed by atoms with Gasteiger partial charge in [-0.25, -0.2) is 14.3 Å². The molecular weight excluding hydrogens is 406 g/mol. The lowest BCUT2D eigenvalue weighted by Crippen LogP contribution is -2.51. The number of nitriles is 1. The molecule has 0 spiro atoms. The lowest BCUT2D eigenvalue weighted by atomic mass is 9.92. The first-order chi connectivity index (χ1) is 15.2. The summed E-state index contributed by atoms with van der Waals surface area (Å²) >= 11 is 0. The highest BCUT2D eigenvalue weighted by molar-refractivity contribution is 5.98. The maximum absolute atomic E-state index is 12.9. The number of pyridine rings is 1. The van der Waals surface area contributed by atoms with Gasteiger partial charge in [0.1, 0.15) is 11.9 Å². The largest absolute Gasteiger partial charge is 0.444 e. The summed E-state index contributed by atoms with van der Waals surface area (Å²) < 4.78 is 7.06. The Morgan fingerprint density at radius 3 is 2.56 bits per heavy atom. The summed E-state index contributed by atoms with van der Waals surface area (Å²) in [6.45, 7) is 6.77. The van der Waals surface area contributed by atoms with Crippen molar-refractivity contribution in [3.05, 3.63) is 53.9 Å². The van der Waals surface area contributed by atoms with Gasteiger partial charge in [-0.05, 0) is 57.4 Å². The van der Waals surface area contributed by atoms with Crippen molar-refractivity contribution in [1.29, 1.82) is 5.26 Å². The van der Waals surface area contributed by atoms with Crippen LogP contribution in [0.15, 0.2) is 42.7 Å². The summed E-state index contributed by atoms with van der Waals surface area (Å²) in [5, 5.41) is 13.3. The Morgan fingerprint density at radius 2 is 1.91 bits per heavy atom. The van der Waals surface area contributed by atoms with Gasteiger partial charge in [0.25, 0.3) is 0 Å². The molecule has 0 unspecified atom stereocenters. The minimum atomic E-state index is -0.509. The molecular formula is C24H25N5O3. The van der Waals surface area contributed by atoms with Crippen molar-refractivity contribution >= 4 is 17.5 Å². The summed E-state index contributed by atoms with van der Waals surface area (Å²) in [6, 6.07) is 12.8. The Hall–Kier alpha value is -3.73. The summed E-state index contributed by atoms with van der Waals surface area (Å²) in [6.07, 6.45) is 2.26. The predicted molar refractivity (Wildman–Crippen MR) is 118 cm³/mol. The summed E-state index contributed by atoms with van der Waals surface area (Å²) in [7, 11) is 0. The van der Waals surface area contributed by atoms with Gasteiger partial charge in [-0.1, -0.05) is 12.1 Å². The molecule has 8 heteroatoms. The normalized spacial score (nSPS) is 14.1. The summed E-state index contributed by atoms with van der Waals surface area (Å²) in [4.78, 5) is 30.9. The van der Waals surface area contributed by atoms with Crippen LogP contribution in [0.5, 0.6) is 0 Å². The summed E-state index contributed by atoms with van der Waals surface area (Å²) in [5.41, 5.74) is 2.82. The number of rotatable bonds is 5. The van der Waals surface area contributed by atoms with Gasteiger partial charge in [0.2, 0.25) is 0 Å².